The Morgan fingerprint density at radius 3 is 3.00 bits per heavy atom. The van der Waals surface area contributed by atoms with E-state index in [-0.39, 0.29) is 5.95 Å². The molecule has 0 saturated carbocycles. The van der Waals surface area contributed by atoms with Gasteiger partial charge in [-0.1, -0.05) is 0 Å². The number of nitrogens with one attached hydrogen (secondary N) is 1. The number of aromatic nitrogens is 2. The van der Waals surface area contributed by atoms with Crippen LogP contribution in [0.2, 0.25) is 0 Å². The third-order valence-corrected chi connectivity index (χ3v) is 3.66. The molecule has 16 heavy (non-hydrogen) atoms. The zero-order chi connectivity index (χ0) is 11.5. The van der Waals surface area contributed by atoms with Crippen LogP contribution in [0.3, 0.4) is 0 Å². The minimum absolute atomic E-state index is 0.271. The summed E-state index contributed by atoms with van der Waals surface area (Å²) in [5, 5.41) is 7.48. The zero-order valence-electron chi connectivity index (χ0n) is 8.70. The number of rotatable bonds is 3. The van der Waals surface area contributed by atoms with E-state index >= 15 is 0 Å². The van der Waals surface area contributed by atoms with Crippen LogP contribution in [0.1, 0.15) is 11.1 Å². The van der Waals surface area contributed by atoms with Gasteiger partial charge in [-0.2, -0.15) is 16.3 Å². The van der Waals surface area contributed by atoms with Crippen LogP contribution >= 0.6 is 27.3 Å². The molecule has 0 aliphatic rings. The predicted molar refractivity (Wildman–Crippen MR) is 70.5 cm³/mol. The molecule has 0 aliphatic heterocycles. The Morgan fingerprint density at radius 1 is 1.50 bits per heavy atom. The summed E-state index contributed by atoms with van der Waals surface area (Å²) in [7, 11) is 0. The number of nitrogens with zero attached hydrogens (tertiary/aromatic N) is 2. The first-order valence-electron chi connectivity index (χ1n) is 4.70. The number of nitrogen functional groups attached to an aromatic ring is 1. The summed E-state index contributed by atoms with van der Waals surface area (Å²) in [6.07, 6.45) is 1.64. The van der Waals surface area contributed by atoms with E-state index in [9.17, 15) is 0 Å². The van der Waals surface area contributed by atoms with Crippen molar-refractivity contribution in [3.05, 3.63) is 32.6 Å². The molecule has 0 fully saturated rings. The van der Waals surface area contributed by atoms with Crippen LogP contribution < -0.4 is 11.1 Å². The maximum absolute atomic E-state index is 5.53. The van der Waals surface area contributed by atoms with Gasteiger partial charge >= 0.3 is 0 Å². The first kappa shape index (κ1) is 11.3. The molecule has 6 heteroatoms. The second-order valence-corrected chi connectivity index (χ2v) is 4.96. The molecular formula is C10H11BrN4S. The molecule has 0 bridgehead atoms. The number of anilines is 2. The van der Waals surface area contributed by atoms with Gasteiger partial charge in [-0.25, -0.2) is 4.98 Å². The minimum Gasteiger partial charge on any atom is -0.368 e. The summed E-state index contributed by atoms with van der Waals surface area (Å²) in [5.74, 6) is 0.992. The molecule has 0 aromatic carbocycles. The van der Waals surface area contributed by atoms with Crippen molar-refractivity contribution in [3.63, 3.8) is 0 Å². The first-order chi connectivity index (χ1) is 7.66. The molecule has 0 spiro atoms. The molecule has 2 aromatic heterocycles. The van der Waals surface area contributed by atoms with Gasteiger partial charge in [0.25, 0.3) is 0 Å². The second kappa shape index (κ2) is 4.80. The fraction of sp³-hybridized carbons (Fsp3) is 0.200. The highest BCUT2D eigenvalue weighted by Crippen LogP contribution is 2.21. The summed E-state index contributed by atoms with van der Waals surface area (Å²) >= 11 is 5.07. The highest BCUT2D eigenvalue weighted by Gasteiger charge is 2.04. The lowest BCUT2D eigenvalue weighted by Crippen LogP contribution is -2.05. The Bertz CT molecular complexity index is 497. The highest BCUT2D eigenvalue weighted by atomic mass is 79.9. The highest BCUT2D eigenvalue weighted by molar-refractivity contribution is 9.10. The molecule has 0 atom stereocenters. The fourth-order valence-electron chi connectivity index (χ4n) is 1.25. The Morgan fingerprint density at radius 2 is 2.31 bits per heavy atom. The molecule has 0 unspecified atom stereocenters. The monoisotopic (exact) mass is 298 g/mol. The molecule has 84 valence electrons. The molecular weight excluding hydrogens is 288 g/mol. The van der Waals surface area contributed by atoms with Gasteiger partial charge in [0.2, 0.25) is 5.95 Å². The van der Waals surface area contributed by atoms with Gasteiger partial charge in [-0.3, -0.25) is 0 Å². The number of hydrogen-bond donors (Lipinski definition) is 2. The number of aryl methyl sites for hydroxylation is 1. The van der Waals surface area contributed by atoms with Crippen LogP contribution in [0.5, 0.6) is 0 Å². The topological polar surface area (TPSA) is 63.8 Å². The van der Waals surface area contributed by atoms with Gasteiger partial charge in [0, 0.05) is 12.7 Å². The van der Waals surface area contributed by atoms with Gasteiger partial charge in [0.15, 0.2) is 0 Å². The summed E-state index contributed by atoms with van der Waals surface area (Å²) in [5.41, 5.74) is 8.09. The van der Waals surface area contributed by atoms with E-state index in [0.717, 1.165) is 16.8 Å². The molecule has 0 radical (unpaired) electrons. The Hall–Kier alpha value is -1.14. The Kier molecular flexibility index (Phi) is 3.40. The Balaban J connectivity index is 2.10. The van der Waals surface area contributed by atoms with Crippen molar-refractivity contribution in [3.8, 4) is 0 Å². The predicted octanol–water partition coefficient (Wildman–Crippen LogP) is 2.80. The van der Waals surface area contributed by atoms with Crippen molar-refractivity contribution < 1.29 is 0 Å². The van der Waals surface area contributed by atoms with Crippen molar-refractivity contribution in [1.82, 2.24) is 9.97 Å². The lowest BCUT2D eigenvalue weighted by atomic mass is 10.2. The largest absolute Gasteiger partial charge is 0.368 e. The summed E-state index contributed by atoms with van der Waals surface area (Å²) in [4.78, 5) is 8.00. The molecule has 4 nitrogen and oxygen atoms in total. The lowest BCUT2D eigenvalue weighted by molar-refractivity contribution is 1.07. The van der Waals surface area contributed by atoms with Gasteiger partial charge in [0.05, 0.1) is 4.47 Å². The summed E-state index contributed by atoms with van der Waals surface area (Å²) < 4.78 is 0.814. The molecule has 2 rings (SSSR count). The van der Waals surface area contributed by atoms with E-state index in [1.165, 1.54) is 11.1 Å². The van der Waals surface area contributed by atoms with Crippen LogP contribution in [-0.2, 0) is 6.54 Å². The van der Waals surface area contributed by atoms with Gasteiger partial charge in [-0.05, 0) is 44.7 Å². The van der Waals surface area contributed by atoms with Crippen LogP contribution in [0.15, 0.2) is 21.4 Å². The smallest absolute Gasteiger partial charge is 0.221 e. The van der Waals surface area contributed by atoms with E-state index in [2.05, 4.69) is 48.9 Å². The van der Waals surface area contributed by atoms with Gasteiger partial charge in [0.1, 0.15) is 5.82 Å². The molecule has 2 aromatic rings. The first-order valence-corrected chi connectivity index (χ1v) is 6.44. The zero-order valence-corrected chi connectivity index (χ0v) is 11.1. The normalized spacial score (nSPS) is 10.4. The maximum Gasteiger partial charge on any atom is 0.221 e. The number of nitrogens with two attached hydrogens (primary N) is 1. The van der Waals surface area contributed by atoms with E-state index in [4.69, 9.17) is 5.73 Å². The summed E-state index contributed by atoms with van der Waals surface area (Å²) in [6, 6.07) is 0. The van der Waals surface area contributed by atoms with Gasteiger partial charge in [-0.15, -0.1) is 0 Å². The van der Waals surface area contributed by atoms with Crippen molar-refractivity contribution in [2.75, 3.05) is 11.1 Å². The van der Waals surface area contributed by atoms with E-state index in [1.54, 1.807) is 17.5 Å². The molecule has 0 saturated heterocycles. The molecule has 2 heterocycles. The third-order valence-electron chi connectivity index (χ3n) is 2.17. The van der Waals surface area contributed by atoms with Crippen molar-refractivity contribution >= 4 is 39.0 Å². The SMILES string of the molecule is Cc1cscc1CNc1nc(N)ncc1Br. The number of halogens is 1. The Labute approximate surface area is 106 Å². The molecule has 0 aliphatic carbocycles. The van der Waals surface area contributed by atoms with Crippen LogP contribution in [0.4, 0.5) is 11.8 Å². The number of hydrogen-bond acceptors (Lipinski definition) is 5. The van der Waals surface area contributed by atoms with Crippen molar-refractivity contribution in [2.45, 2.75) is 13.5 Å². The van der Waals surface area contributed by atoms with Crippen molar-refractivity contribution in [2.24, 2.45) is 0 Å². The fourth-order valence-corrected chi connectivity index (χ4v) is 2.44. The summed E-state index contributed by atoms with van der Waals surface area (Å²) in [6.45, 7) is 2.83. The van der Waals surface area contributed by atoms with Gasteiger partial charge < -0.3 is 11.1 Å². The van der Waals surface area contributed by atoms with Crippen LogP contribution in [0.25, 0.3) is 0 Å². The average molecular weight is 299 g/mol. The maximum atomic E-state index is 5.53. The third kappa shape index (κ3) is 2.51. The minimum atomic E-state index is 0.271. The standard InChI is InChI=1S/C10H11BrN4S/c1-6-4-16-5-7(6)2-13-9-8(11)3-14-10(12)15-9/h3-5H,2H2,1H3,(H3,12,13,14,15). The number of thiophene rings is 1. The van der Waals surface area contributed by atoms with Crippen molar-refractivity contribution in [1.29, 1.82) is 0 Å². The van der Waals surface area contributed by atoms with E-state index in [0.29, 0.717) is 0 Å². The van der Waals surface area contributed by atoms with E-state index < -0.39 is 0 Å². The quantitative estimate of drug-likeness (QED) is 0.914. The average Bonchev–Trinajstić information content (AvgIpc) is 2.66. The van der Waals surface area contributed by atoms with Crippen LogP contribution in [0, 0.1) is 6.92 Å². The molecule has 0 amide bonds. The second-order valence-electron chi connectivity index (χ2n) is 3.36. The van der Waals surface area contributed by atoms with E-state index in [1.807, 2.05) is 0 Å². The molecule has 3 N–H and O–H groups in total. The lowest BCUT2D eigenvalue weighted by Gasteiger charge is -2.07. The van der Waals surface area contributed by atoms with Crippen LogP contribution in [-0.4, -0.2) is 9.97 Å².